The van der Waals surface area contributed by atoms with Crippen LogP contribution in [0.25, 0.3) is 5.69 Å². The van der Waals surface area contributed by atoms with E-state index in [1.807, 2.05) is 0 Å². The van der Waals surface area contributed by atoms with Crippen LogP contribution in [0, 0.1) is 6.92 Å². The fourth-order valence-electron chi connectivity index (χ4n) is 1.71. The number of rotatable bonds is 2. The van der Waals surface area contributed by atoms with Crippen LogP contribution in [0.1, 0.15) is 28.7 Å². The van der Waals surface area contributed by atoms with Crippen LogP contribution in [0.4, 0.5) is 13.2 Å². The molecular weight excluding hydrogens is 259 g/mol. The number of benzene rings is 1. The minimum absolute atomic E-state index is 0.150. The molecule has 1 aromatic heterocycles. The Balaban J connectivity index is 2.51. The van der Waals surface area contributed by atoms with Crippen LogP contribution >= 0.6 is 0 Å². The highest BCUT2D eigenvalue weighted by Crippen LogP contribution is 2.30. The summed E-state index contributed by atoms with van der Waals surface area (Å²) in [6.07, 6.45) is -4.42. The van der Waals surface area contributed by atoms with Crippen LogP contribution < -0.4 is 0 Å². The Morgan fingerprint density at radius 3 is 2.53 bits per heavy atom. The van der Waals surface area contributed by atoms with Crippen molar-refractivity contribution in [1.82, 2.24) is 15.0 Å². The number of alkyl halides is 3. The fraction of sp³-hybridized carbons (Fsp3) is 0.250. The van der Waals surface area contributed by atoms with Gasteiger partial charge in [0.05, 0.1) is 16.9 Å². The summed E-state index contributed by atoms with van der Waals surface area (Å²) < 4.78 is 39.1. The van der Waals surface area contributed by atoms with E-state index in [4.69, 9.17) is 0 Å². The lowest BCUT2D eigenvalue weighted by Crippen LogP contribution is -2.07. The average Bonchev–Trinajstić information content (AvgIpc) is 2.70. The summed E-state index contributed by atoms with van der Waals surface area (Å²) in [4.78, 5) is 11.2. The van der Waals surface area contributed by atoms with Crippen LogP contribution in [-0.2, 0) is 6.18 Å². The lowest BCUT2D eigenvalue weighted by Gasteiger charge is -2.09. The minimum atomic E-state index is -4.42. The summed E-state index contributed by atoms with van der Waals surface area (Å²) in [6, 6.07) is 4.70. The highest BCUT2D eigenvalue weighted by Gasteiger charge is 2.30. The average molecular weight is 269 g/mol. The molecule has 0 atom stereocenters. The molecule has 0 aliphatic heterocycles. The lowest BCUT2D eigenvalue weighted by atomic mass is 10.2. The van der Waals surface area contributed by atoms with Gasteiger partial charge in [0.1, 0.15) is 0 Å². The smallest absolute Gasteiger partial charge is 0.293 e. The van der Waals surface area contributed by atoms with Crippen molar-refractivity contribution in [2.45, 2.75) is 20.0 Å². The number of halogens is 3. The number of ketones is 1. The van der Waals surface area contributed by atoms with Gasteiger partial charge in [-0.3, -0.25) is 4.79 Å². The molecule has 0 aliphatic carbocycles. The second-order valence-electron chi connectivity index (χ2n) is 4.04. The van der Waals surface area contributed by atoms with Gasteiger partial charge in [-0.2, -0.15) is 13.2 Å². The number of carbonyl (C=O) groups excluding carboxylic acids is 1. The predicted molar refractivity (Wildman–Crippen MR) is 61.1 cm³/mol. The van der Waals surface area contributed by atoms with Crippen molar-refractivity contribution >= 4 is 5.78 Å². The first-order chi connectivity index (χ1) is 8.80. The van der Waals surface area contributed by atoms with E-state index in [-0.39, 0.29) is 17.2 Å². The van der Waals surface area contributed by atoms with E-state index < -0.39 is 11.7 Å². The first-order valence-electron chi connectivity index (χ1n) is 5.41. The minimum Gasteiger partial charge on any atom is -0.293 e. The van der Waals surface area contributed by atoms with E-state index in [1.165, 1.54) is 23.7 Å². The van der Waals surface area contributed by atoms with Gasteiger partial charge >= 0.3 is 6.18 Å². The van der Waals surface area contributed by atoms with Gasteiger partial charge in [-0.05, 0) is 25.1 Å². The lowest BCUT2D eigenvalue weighted by molar-refractivity contribution is -0.137. The third-order valence-electron chi connectivity index (χ3n) is 2.65. The standard InChI is InChI=1S/C12H10F3N3O/c1-7-11(8(2)19)16-17-18(7)10-5-3-4-9(6-10)12(13,14)15/h3-6H,1-2H3. The Morgan fingerprint density at radius 2 is 2.00 bits per heavy atom. The molecule has 4 nitrogen and oxygen atoms in total. The number of hydrogen-bond acceptors (Lipinski definition) is 3. The van der Waals surface area contributed by atoms with Gasteiger partial charge in [-0.1, -0.05) is 11.3 Å². The van der Waals surface area contributed by atoms with Gasteiger partial charge in [0.2, 0.25) is 0 Å². The van der Waals surface area contributed by atoms with Crippen molar-refractivity contribution < 1.29 is 18.0 Å². The zero-order valence-electron chi connectivity index (χ0n) is 10.2. The molecule has 7 heteroatoms. The number of carbonyl (C=O) groups is 1. The van der Waals surface area contributed by atoms with E-state index in [1.54, 1.807) is 6.92 Å². The molecule has 0 aliphatic rings. The third-order valence-corrected chi connectivity index (χ3v) is 2.65. The zero-order chi connectivity index (χ0) is 14.2. The Bertz CT molecular complexity index is 631. The first kappa shape index (κ1) is 13.3. The highest BCUT2D eigenvalue weighted by atomic mass is 19.4. The van der Waals surface area contributed by atoms with Gasteiger partial charge in [-0.15, -0.1) is 5.10 Å². The maximum atomic E-state index is 12.6. The van der Waals surface area contributed by atoms with E-state index in [2.05, 4.69) is 10.3 Å². The second kappa shape index (κ2) is 4.49. The molecule has 2 rings (SSSR count). The molecule has 1 aromatic carbocycles. The molecule has 2 aromatic rings. The molecule has 0 unspecified atom stereocenters. The van der Waals surface area contributed by atoms with Crippen LogP contribution in [-0.4, -0.2) is 20.8 Å². The van der Waals surface area contributed by atoms with Crippen molar-refractivity contribution in [2.75, 3.05) is 0 Å². The Labute approximate surface area is 106 Å². The van der Waals surface area contributed by atoms with Gasteiger partial charge in [0, 0.05) is 6.92 Å². The summed E-state index contributed by atoms with van der Waals surface area (Å²) in [7, 11) is 0. The monoisotopic (exact) mass is 269 g/mol. The molecule has 0 bridgehead atoms. The molecule has 0 N–H and O–H groups in total. The largest absolute Gasteiger partial charge is 0.416 e. The molecule has 0 radical (unpaired) electrons. The Morgan fingerprint density at radius 1 is 1.32 bits per heavy atom. The van der Waals surface area contributed by atoms with E-state index in [0.717, 1.165) is 12.1 Å². The maximum absolute atomic E-state index is 12.6. The van der Waals surface area contributed by atoms with Crippen molar-refractivity contribution in [3.63, 3.8) is 0 Å². The Kier molecular flexibility index (Phi) is 3.13. The van der Waals surface area contributed by atoms with E-state index >= 15 is 0 Å². The topological polar surface area (TPSA) is 47.8 Å². The van der Waals surface area contributed by atoms with Gasteiger partial charge in [0.15, 0.2) is 11.5 Å². The molecule has 0 fully saturated rings. The molecule has 19 heavy (non-hydrogen) atoms. The van der Waals surface area contributed by atoms with Gasteiger partial charge < -0.3 is 0 Å². The molecular formula is C12H10F3N3O. The molecule has 0 saturated carbocycles. The Hall–Kier alpha value is -2.18. The summed E-state index contributed by atoms with van der Waals surface area (Å²) in [6.45, 7) is 2.91. The van der Waals surface area contributed by atoms with Crippen LogP contribution in [0.3, 0.4) is 0 Å². The first-order valence-corrected chi connectivity index (χ1v) is 5.41. The van der Waals surface area contributed by atoms with Crippen molar-refractivity contribution in [1.29, 1.82) is 0 Å². The molecule has 0 saturated heterocycles. The summed E-state index contributed by atoms with van der Waals surface area (Å²) >= 11 is 0. The number of hydrogen-bond donors (Lipinski definition) is 0. The quantitative estimate of drug-likeness (QED) is 0.787. The maximum Gasteiger partial charge on any atom is 0.416 e. The van der Waals surface area contributed by atoms with Crippen LogP contribution in [0.15, 0.2) is 24.3 Å². The second-order valence-corrected chi connectivity index (χ2v) is 4.04. The summed E-state index contributed by atoms with van der Waals surface area (Å²) in [5.41, 5.74) is 0.000774. The molecule has 0 spiro atoms. The zero-order valence-corrected chi connectivity index (χ0v) is 10.2. The van der Waals surface area contributed by atoms with Crippen molar-refractivity contribution in [3.8, 4) is 5.69 Å². The number of Topliss-reactive ketones (excluding diaryl/α,β-unsaturated/α-hetero) is 1. The SMILES string of the molecule is CC(=O)c1nnn(-c2cccc(C(F)(F)F)c2)c1C. The number of nitrogens with zero attached hydrogens (tertiary/aromatic N) is 3. The fourth-order valence-corrected chi connectivity index (χ4v) is 1.71. The molecule has 0 amide bonds. The third kappa shape index (κ3) is 2.49. The summed E-state index contributed by atoms with van der Waals surface area (Å²) in [5.74, 6) is -0.282. The molecule has 100 valence electrons. The highest BCUT2D eigenvalue weighted by molar-refractivity contribution is 5.93. The summed E-state index contributed by atoms with van der Waals surface area (Å²) in [5, 5.41) is 7.37. The van der Waals surface area contributed by atoms with Crippen LogP contribution in [0.2, 0.25) is 0 Å². The van der Waals surface area contributed by atoms with E-state index in [0.29, 0.717) is 5.69 Å². The van der Waals surface area contributed by atoms with Crippen molar-refractivity contribution in [2.24, 2.45) is 0 Å². The van der Waals surface area contributed by atoms with Crippen molar-refractivity contribution in [3.05, 3.63) is 41.2 Å². The van der Waals surface area contributed by atoms with E-state index in [9.17, 15) is 18.0 Å². The normalized spacial score (nSPS) is 11.6. The predicted octanol–water partition coefficient (Wildman–Crippen LogP) is 2.80. The van der Waals surface area contributed by atoms with Gasteiger partial charge in [0.25, 0.3) is 0 Å². The van der Waals surface area contributed by atoms with Crippen LogP contribution in [0.5, 0.6) is 0 Å². The number of aromatic nitrogens is 3. The molecule has 1 heterocycles. The van der Waals surface area contributed by atoms with Gasteiger partial charge in [-0.25, -0.2) is 4.68 Å².